The zero-order valence-corrected chi connectivity index (χ0v) is 15.2. The lowest BCUT2D eigenvalue weighted by Crippen LogP contribution is -2.62. The van der Waals surface area contributed by atoms with Crippen LogP contribution in [-0.4, -0.2) is 22.2 Å². The molecule has 3 nitrogen and oxygen atoms in total. The van der Waals surface area contributed by atoms with Gasteiger partial charge in [0.15, 0.2) is 0 Å². The molecule has 4 aliphatic carbocycles. The van der Waals surface area contributed by atoms with Crippen LogP contribution in [-0.2, 0) is 4.79 Å². The summed E-state index contributed by atoms with van der Waals surface area (Å²) in [5, 5.41) is 3.16. The van der Waals surface area contributed by atoms with E-state index in [1.54, 1.807) is 0 Å². The van der Waals surface area contributed by atoms with Crippen molar-refractivity contribution >= 4 is 29.1 Å². The summed E-state index contributed by atoms with van der Waals surface area (Å²) < 4.78 is 0. The van der Waals surface area contributed by atoms with Crippen LogP contribution in [0.15, 0.2) is 30.3 Å². The summed E-state index contributed by atoms with van der Waals surface area (Å²) in [6.45, 7) is -0.00191. The molecular formula is C19H24Cl2N2O. The van der Waals surface area contributed by atoms with E-state index in [9.17, 15) is 4.79 Å². The van der Waals surface area contributed by atoms with E-state index in [1.807, 2.05) is 18.2 Å². The maximum Gasteiger partial charge on any atom is 0.234 e. The minimum atomic E-state index is -0.325. The monoisotopic (exact) mass is 366 g/mol. The van der Waals surface area contributed by atoms with Gasteiger partial charge < -0.3 is 11.1 Å². The molecule has 5 rings (SSSR count). The van der Waals surface area contributed by atoms with Crippen LogP contribution in [0.25, 0.3) is 0 Å². The Labute approximate surface area is 153 Å². The molecule has 1 aromatic carbocycles. The fourth-order valence-corrected chi connectivity index (χ4v) is 7.34. The maximum absolute atomic E-state index is 12.1. The Bertz CT molecular complexity index is 640. The van der Waals surface area contributed by atoms with Gasteiger partial charge in [0.25, 0.3) is 0 Å². The summed E-state index contributed by atoms with van der Waals surface area (Å²) in [5.41, 5.74) is 6.67. The van der Waals surface area contributed by atoms with Crippen LogP contribution in [0, 0.1) is 17.8 Å². The van der Waals surface area contributed by atoms with E-state index >= 15 is 0 Å². The molecular weight excluding hydrogens is 343 g/mol. The second-order valence-corrected chi connectivity index (χ2v) is 9.58. The van der Waals surface area contributed by atoms with Gasteiger partial charge >= 0.3 is 0 Å². The molecule has 1 amide bonds. The molecule has 0 radical (unpaired) electrons. The fraction of sp³-hybridized carbons (Fsp3) is 0.632. The van der Waals surface area contributed by atoms with Gasteiger partial charge in [0.2, 0.25) is 5.91 Å². The summed E-state index contributed by atoms with van der Waals surface area (Å²) in [6, 6.07) is 10.1. The van der Waals surface area contributed by atoms with Crippen LogP contribution < -0.4 is 11.1 Å². The number of alkyl halides is 2. The van der Waals surface area contributed by atoms with Crippen LogP contribution in [0.2, 0.25) is 0 Å². The van der Waals surface area contributed by atoms with Crippen molar-refractivity contribution in [2.75, 3.05) is 6.54 Å². The third-order valence-electron chi connectivity index (χ3n) is 6.28. The number of rotatable bonds is 4. The number of hydrogen-bond donors (Lipinski definition) is 2. The second-order valence-electron chi connectivity index (χ2n) is 8.02. The summed E-state index contributed by atoms with van der Waals surface area (Å²) in [7, 11) is 0. The highest BCUT2D eigenvalue weighted by Crippen LogP contribution is 2.66. The van der Waals surface area contributed by atoms with Crippen molar-refractivity contribution in [2.45, 2.75) is 47.9 Å². The Morgan fingerprint density at radius 2 is 2.00 bits per heavy atom. The number of hydrogen-bond acceptors (Lipinski definition) is 2. The average Bonchev–Trinajstić information content (AvgIpc) is 2.51. The smallest absolute Gasteiger partial charge is 0.234 e. The molecule has 0 saturated heterocycles. The van der Waals surface area contributed by atoms with Crippen LogP contribution in [0.3, 0.4) is 0 Å². The summed E-state index contributed by atoms with van der Waals surface area (Å²) in [6.07, 6.45) is 5.12. The number of amides is 1. The van der Waals surface area contributed by atoms with Crippen LogP contribution in [0.4, 0.5) is 0 Å². The fourth-order valence-electron chi connectivity index (χ4n) is 5.84. The molecule has 3 N–H and O–H groups in total. The Morgan fingerprint density at radius 1 is 1.25 bits per heavy atom. The molecule has 24 heavy (non-hydrogen) atoms. The van der Waals surface area contributed by atoms with Gasteiger partial charge in [0.05, 0.1) is 17.5 Å². The average molecular weight is 367 g/mol. The van der Waals surface area contributed by atoms with Gasteiger partial charge in [-0.2, -0.15) is 0 Å². The number of carbonyl (C=O) groups is 1. The first-order chi connectivity index (χ1) is 11.4. The number of nitrogens with two attached hydrogens (primary N) is 1. The zero-order chi connectivity index (χ0) is 16.9. The third-order valence-corrected chi connectivity index (χ3v) is 7.26. The summed E-state index contributed by atoms with van der Waals surface area (Å²) >= 11 is 14.1. The normalized spacial score (nSPS) is 41.2. The van der Waals surface area contributed by atoms with Crippen molar-refractivity contribution in [1.82, 2.24) is 5.32 Å². The highest BCUT2D eigenvalue weighted by molar-refractivity contribution is 6.28. The van der Waals surface area contributed by atoms with Crippen molar-refractivity contribution in [3.63, 3.8) is 0 Å². The molecule has 0 aromatic heterocycles. The van der Waals surface area contributed by atoms with E-state index in [1.165, 1.54) is 6.42 Å². The molecule has 4 saturated carbocycles. The van der Waals surface area contributed by atoms with E-state index < -0.39 is 0 Å². The topological polar surface area (TPSA) is 55.1 Å². The highest BCUT2D eigenvalue weighted by Gasteiger charge is 2.63. The van der Waals surface area contributed by atoms with Gasteiger partial charge in [-0.15, -0.1) is 23.2 Å². The molecule has 0 aliphatic heterocycles. The van der Waals surface area contributed by atoms with E-state index in [2.05, 4.69) is 17.4 Å². The minimum Gasteiger partial charge on any atom is -0.348 e. The van der Waals surface area contributed by atoms with Crippen molar-refractivity contribution < 1.29 is 4.79 Å². The van der Waals surface area contributed by atoms with Crippen molar-refractivity contribution in [1.29, 1.82) is 0 Å². The molecule has 0 heterocycles. The highest BCUT2D eigenvalue weighted by atomic mass is 35.5. The van der Waals surface area contributed by atoms with Gasteiger partial charge in [0, 0.05) is 10.8 Å². The zero-order valence-electron chi connectivity index (χ0n) is 13.7. The van der Waals surface area contributed by atoms with Crippen molar-refractivity contribution in [3.8, 4) is 0 Å². The van der Waals surface area contributed by atoms with Gasteiger partial charge in [-0.05, 0) is 49.5 Å². The molecule has 4 aliphatic rings. The predicted octanol–water partition coefficient (Wildman–Crippen LogP) is 3.60. The van der Waals surface area contributed by atoms with Gasteiger partial charge in [-0.25, -0.2) is 0 Å². The summed E-state index contributed by atoms with van der Waals surface area (Å²) in [4.78, 5) is 11.6. The van der Waals surface area contributed by atoms with Gasteiger partial charge in [-0.3, -0.25) is 4.79 Å². The molecule has 5 heteroatoms. The standard InChI is InChI=1S/C19H24Cl2N2O/c20-18-7-12-6-14(9-18)16(19(21,8-12)11-18)17(23-15(24)10-22)13-4-2-1-3-5-13/h1-5,12,14,16-17H,6-11,22H2,(H,23,24)/t12-,14+,16-,17?,18+,19+/m1/s1. The number of carbonyl (C=O) groups excluding carboxylic acids is 1. The van der Waals surface area contributed by atoms with Crippen molar-refractivity contribution in [2.24, 2.45) is 23.5 Å². The Hall–Kier alpha value is -0.770. The molecule has 4 bridgehead atoms. The Kier molecular flexibility index (Phi) is 4.10. The molecule has 0 spiro atoms. The van der Waals surface area contributed by atoms with E-state index in [0.717, 1.165) is 31.2 Å². The first-order valence-electron chi connectivity index (χ1n) is 8.85. The lowest BCUT2D eigenvalue weighted by Gasteiger charge is -2.63. The SMILES string of the molecule is NCC(=O)NC(c1ccccc1)[C@H]1[C@H]2C[C@@H]3C[C@](Cl)(C2)C[C@@]1(Cl)C3. The third kappa shape index (κ3) is 2.75. The molecule has 6 atom stereocenters. The second kappa shape index (κ2) is 5.89. The Balaban J connectivity index is 1.71. The minimum absolute atomic E-state index is 0.00191. The number of halogens is 2. The van der Waals surface area contributed by atoms with Crippen molar-refractivity contribution in [3.05, 3.63) is 35.9 Å². The predicted molar refractivity (Wildman–Crippen MR) is 97.1 cm³/mol. The van der Waals surface area contributed by atoms with E-state index in [-0.39, 0.29) is 34.2 Å². The number of nitrogens with one attached hydrogen (secondary N) is 1. The van der Waals surface area contributed by atoms with E-state index in [4.69, 9.17) is 28.9 Å². The van der Waals surface area contributed by atoms with Gasteiger partial charge in [-0.1, -0.05) is 30.3 Å². The van der Waals surface area contributed by atoms with Crippen LogP contribution in [0.5, 0.6) is 0 Å². The first kappa shape index (κ1) is 16.7. The largest absolute Gasteiger partial charge is 0.348 e. The lowest BCUT2D eigenvalue weighted by molar-refractivity contribution is -0.122. The molecule has 1 unspecified atom stereocenters. The quantitative estimate of drug-likeness (QED) is 0.799. The summed E-state index contributed by atoms with van der Waals surface area (Å²) in [5.74, 6) is 1.17. The first-order valence-corrected chi connectivity index (χ1v) is 9.60. The molecule has 1 aromatic rings. The maximum atomic E-state index is 12.1. The lowest BCUT2D eigenvalue weighted by atomic mass is 9.49. The molecule has 4 fully saturated rings. The van der Waals surface area contributed by atoms with Crippen LogP contribution in [0.1, 0.15) is 43.7 Å². The molecule has 130 valence electrons. The van der Waals surface area contributed by atoms with E-state index in [0.29, 0.717) is 11.8 Å². The Morgan fingerprint density at radius 3 is 2.62 bits per heavy atom. The number of benzene rings is 1. The van der Waals surface area contributed by atoms with Crippen LogP contribution >= 0.6 is 23.2 Å². The van der Waals surface area contributed by atoms with Gasteiger partial charge in [0.1, 0.15) is 0 Å².